The fourth-order valence-electron chi connectivity index (χ4n) is 1.42. The molecule has 0 heterocycles. The molecule has 0 unspecified atom stereocenters. The molecule has 4 nitrogen and oxygen atoms in total. The molecule has 0 saturated heterocycles. The van der Waals surface area contributed by atoms with E-state index in [0.717, 1.165) is 19.5 Å². The molecule has 0 aliphatic carbocycles. The van der Waals surface area contributed by atoms with E-state index in [1.165, 1.54) is 26.4 Å². The normalized spacial score (nSPS) is 9.89. The van der Waals surface area contributed by atoms with Crippen molar-refractivity contribution in [3.8, 4) is 0 Å². The van der Waals surface area contributed by atoms with Crippen molar-refractivity contribution in [3.05, 3.63) is 0 Å². The highest BCUT2D eigenvalue weighted by atomic mass is 16.6. The van der Waals surface area contributed by atoms with E-state index in [0.29, 0.717) is 6.61 Å². The molecule has 0 aliphatic heterocycles. The summed E-state index contributed by atoms with van der Waals surface area (Å²) in [6.45, 7) is 8.84. The molecule has 0 N–H and O–H groups in total. The number of methoxy groups -OCH3 is 1. The standard InChI is InChI=1S/C12H25NO3.C2H6/c1-4-5-6-8-13(2)9-7-10-16-12(14)11-15-3;1-2/h4-11H2,1-3H3;1-2H3. The zero-order valence-corrected chi connectivity index (χ0v) is 12.8. The van der Waals surface area contributed by atoms with Crippen LogP contribution in [0, 0.1) is 0 Å². The third kappa shape index (κ3) is 15.4. The minimum atomic E-state index is -0.281. The van der Waals surface area contributed by atoms with Gasteiger partial charge in [-0.05, 0) is 26.4 Å². The van der Waals surface area contributed by atoms with Crippen molar-refractivity contribution in [2.24, 2.45) is 0 Å². The summed E-state index contributed by atoms with van der Waals surface area (Å²) < 4.78 is 9.63. The first-order valence-electron chi connectivity index (χ1n) is 7.03. The number of hydrogen-bond donors (Lipinski definition) is 0. The van der Waals surface area contributed by atoms with Gasteiger partial charge in [-0.3, -0.25) is 0 Å². The quantitative estimate of drug-likeness (QED) is 0.448. The average molecular weight is 261 g/mol. The minimum absolute atomic E-state index is 0.0480. The van der Waals surface area contributed by atoms with Gasteiger partial charge in [0.1, 0.15) is 6.61 Å². The summed E-state index contributed by atoms with van der Waals surface area (Å²) in [5.74, 6) is -0.281. The summed E-state index contributed by atoms with van der Waals surface area (Å²) in [7, 11) is 3.59. The largest absolute Gasteiger partial charge is 0.464 e. The van der Waals surface area contributed by atoms with Crippen molar-refractivity contribution in [1.29, 1.82) is 0 Å². The van der Waals surface area contributed by atoms with Crippen molar-refractivity contribution in [3.63, 3.8) is 0 Å². The van der Waals surface area contributed by atoms with Crippen LogP contribution in [0.1, 0.15) is 46.5 Å². The van der Waals surface area contributed by atoms with Gasteiger partial charge in [0, 0.05) is 13.7 Å². The van der Waals surface area contributed by atoms with E-state index in [1.807, 2.05) is 13.8 Å². The zero-order valence-electron chi connectivity index (χ0n) is 12.8. The number of hydrogen-bond acceptors (Lipinski definition) is 4. The zero-order chi connectivity index (χ0) is 14.2. The van der Waals surface area contributed by atoms with Crippen molar-refractivity contribution in [1.82, 2.24) is 4.90 Å². The van der Waals surface area contributed by atoms with Crippen LogP contribution in [0.15, 0.2) is 0 Å². The van der Waals surface area contributed by atoms with Crippen molar-refractivity contribution in [2.45, 2.75) is 46.5 Å². The fraction of sp³-hybridized carbons (Fsp3) is 0.929. The topological polar surface area (TPSA) is 38.8 Å². The summed E-state index contributed by atoms with van der Waals surface area (Å²) >= 11 is 0. The van der Waals surface area contributed by atoms with Gasteiger partial charge < -0.3 is 14.4 Å². The van der Waals surface area contributed by atoms with Gasteiger partial charge >= 0.3 is 5.97 Å². The molecule has 0 rings (SSSR count). The molecule has 0 aromatic rings. The molecule has 0 aromatic carbocycles. The summed E-state index contributed by atoms with van der Waals surface area (Å²) in [6.07, 6.45) is 4.67. The number of unbranched alkanes of at least 4 members (excludes halogenated alkanes) is 2. The van der Waals surface area contributed by atoms with E-state index in [4.69, 9.17) is 4.74 Å². The van der Waals surface area contributed by atoms with E-state index in [9.17, 15) is 4.79 Å². The molecule has 0 radical (unpaired) electrons. The van der Waals surface area contributed by atoms with Crippen LogP contribution in [0.3, 0.4) is 0 Å². The minimum Gasteiger partial charge on any atom is -0.464 e. The number of nitrogens with zero attached hydrogens (tertiary/aromatic N) is 1. The van der Waals surface area contributed by atoms with Gasteiger partial charge in [-0.25, -0.2) is 4.79 Å². The number of esters is 1. The molecule has 4 heteroatoms. The van der Waals surface area contributed by atoms with Crippen molar-refractivity contribution < 1.29 is 14.3 Å². The van der Waals surface area contributed by atoms with Crippen molar-refractivity contribution >= 4 is 5.97 Å². The third-order valence-corrected chi connectivity index (χ3v) is 2.35. The molecule has 0 saturated carbocycles. The molecular weight excluding hydrogens is 230 g/mol. The lowest BCUT2D eigenvalue weighted by Crippen LogP contribution is -2.22. The number of rotatable bonds is 10. The first-order chi connectivity index (χ1) is 8.70. The Kier molecular flexibility index (Phi) is 18.0. The molecule has 18 heavy (non-hydrogen) atoms. The van der Waals surface area contributed by atoms with Crippen LogP contribution in [0.5, 0.6) is 0 Å². The summed E-state index contributed by atoms with van der Waals surface area (Å²) in [6, 6.07) is 0. The van der Waals surface area contributed by atoms with E-state index >= 15 is 0 Å². The SMILES string of the molecule is CC.CCCCCN(C)CCCOC(=O)COC. The van der Waals surface area contributed by atoms with Crippen LogP contribution in [0.25, 0.3) is 0 Å². The maximum absolute atomic E-state index is 10.9. The average Bonchev–Trinajstić information content (AvgIpc) is 2.38. The van der Waals surface area contributed by atoms with E-state index in [1.54, 1.807) is 0 Å². The van der Waals surface area contributed by atoms with Gasteiger partial charge in [0.05, 0.1) is 6.61 Å². The second-order valence-corrected chi connectivity index (χ2v) is 4.02. The second-order valence-electron chi connectivity index (χ2n) is 4.02. The van der Waals surface area contributed by atoms with Crippen LogP contribution in [0.2, 0.25) is 0 Å². The Balaban J connectivity index is 0. The summed E-state index contributed by atoms with van der Waals surface area (Å²) in [5, 5.41) is 0. The Hall–Kier alpha value is -0.610. The lowest BCUT2D eigenvalue weighted by atomic mass is 10.2. The molecule has 0 fully saturated rings. The van der Waals surface area contributed by atoms with Gasteiger partial charge in [0.15, 0.2) is 0 Å². The maximum atomic E-state index is 10.9. The molecule has 0 aliphatic rings. The van der Waals surface area contributed by atoms with E-state index < -0.39 is 0 Å². The predicted molar refractivity (Wildman–Crippen MR) is 75.8 cm³/mol. The molecule has 110 valence electrons. The summed E-state index contributed by atoms with van der Waals surface area (Å²) in [4.78, 5) is 13.2. The van der Waals surface area contributed by atoms with Gasteiger partial charge in [0.2, 0.25) is 0 Å². The third-order valence-electron chi connectivity index (χ3n) is 2.35. The number of carbonyl (C=O) groups is 1. The first kappa shape index (κ1) is 19.7. The Labute approximate surface area is 113 Å². The highest BCUT2D eigenvalue weighted by Gasteiger charge is 2.02. The Morgan fingerprint density at radius 1 is 1.11 bits per heavy atom. The Bertz CT molecular complexity index is 174. The smallest absolute Gasteiger partial charge is 0.332 e. The molecule has 0 atom stereocenters. The first-order valence-corrected chi connectivity index (χ1v) is 7.03. The number of carbonyl (C=O) groups excluding carboxylic acids is 1. The molecule has 0 amide bonds. The molecule has 0 bridgehead atoms. The van der Waals surface area contributed by atoms with Gasteiger partial charge in [-0.2, -0.15) is 0 Å². The number of ether oxygens (including phenoxy) is 2. The molecular formula is C14H31NO3. The van der Waals surface area contributed by atoms with E-state index in [2.05, 4.69) is 23.6 Å². The van der Waals surface area contributed by atoms with Crippen LogP contribution in [-0.2, 0) is 14.3 Å². The van der Waals surface area contributed by atoms with Crippen LogP contribution >= 0.6 is 0 Å². The Morgan fingerprint density at radius 3 is 2.28 bits per heavy atom. The van der Waals surface area contributed by atoms with Gasteiger partial charge in [0.25, 0.3) is 0 Å². The van der Waals surface area contributed by atoms with Crippen molar-refractivity contribution in [2.75, 3.05) is 40.5 Å². The monoisotopic (exact) mass is 261 g/mol. The lowest BCUT2D eigenvalue weighted by Gasteiger charge is -2.15. The van der Waals surface area contributed by atoms with Gasteiger partial charge in [-0.15, -0.1) is 0 Å². The Morgan fingerprint density at radius 2 is 1.72 bits per heavy atom. The second kappa shape index (κ2) is 16.4. The van der Waals surface area contributed by atoms with Crippen LogP contribution in [0.4, 0.5) is 0 Å². The molecule has 0 spiro atoms. The molecule has 0 aromatic heterocycles. The fourth-order valence-corrected chi connectivity index (χ4v) is 1.42. The maximum Gasteiger partial charge on any atom is 0.332 e. The lowest BCUT2D eigenvalue weighted by molar-refractivity contribution is -0.148. The van der Waals surface area contributed by atoms with Crippen LogP contribution in [-0.4, -0.2) is 51.3 Å². The predicted octanol–water partition coefficient (Wildman–Crippen LogP) is 2.71. The van der Waals surface area contributed by atoms with E-state index in [-0.39, 0.29) is 12.6 Å². The highest BCUT2D eigenvalue weighted by molar-refractivity contribution is 5.70. The highest BCUT2D eigenvalue weighted by Crippen LogP contribution is 1.97. The van der Waals surface area contributed by atoms with Crippen LogP contribution < -0.4 is 0 Å². The summed E-state index contributed by atoms with van der Waals surface area (Å²) in [5.41, 5.74) is 0. The van der Waals surface area contributed by atoms with Gasteiger partial charge in [-0.1, -0.05) is 33.6 Å².